The van der Waals surface area contributed by atoms with Crippen molar-refractivity contribution in [1.82, 2.24) is 5.32 Å². The van der Waals surface area contributed by atoms with Crippen LogP contribution in [0.3, 0.4) is 0 Å². The van der Waals surface area contributed by atoms with E-state index < -0.39 is 17.1 Å². The van der Waals surface area contributed by atoms with E-state index >= 15 is 0 Å². The molecule has 3 aromatic carbocycles. The monoisotopic (exact) mass is 320 g/mol. The Morgan fingerprint density at radius 3 is 2.50 bits per heavy atom. The number of benzene rings is 3. The first kappa shape index (κ1) is 14.2. The lowest BCUT2D eigenvalue weighted by atomic mass is 9.92. The van der Waals surface area contributed by atoms with Crippen molar-refractivity contribution in [1.29, 1.82) is 0 Å². The standard InChI is InChI=1S/C18H12N2O4/c21-18-19-17(12-5-8-13(9-6-12)20(22)23)16-14-4-2-1-3-11(14)7-10-15(16)24-18/h1-10,17H,(H,19,21). The van der Waals surface area contributed by atoms with Crippen LogP contribution in [0, 0.1) is 10.1 Å². The third kappa shape index (κ3) is 2.25. The molecule has 1 N–H and O–H groups in total. The third-order valence-corrected chi connectivity index (χ3v) is 4.12. The number of nitro groups is 1. The van der Waals surface area contributed by atoms with Crippen LogP contribution in [0.4, 0.5) is 10.5 Å². The lowest BCUT2D eigenvalue weighted by Gasteiger charge is -2.27. The molecule has 0 aromatic heterocycles. The van der Waals surface area contributed by atoms with Gasteiger partial charge in [-0.05, 0) is 34.5 Å². The molecule has 1 heterocycles. The van der Waals surface area contributed by atoms with Crippen molar-refractivity contribution in [2.45, 2.75) is 6.04 Å². The zero-order valence-electron chi connectivity index (χ0n) is 12.4. The number of hydrogen-bond acceptors (Lipinski definition) is 4. The number of ether oxygens (including phenoxy) is 1. The molecular weight excluding hydrogens is 308 g/mol. The topological polar surface area (TPSA) is 81.5 Å². The molecule has 0 bridgehead atoms. The largest absolute Gasteiger partial charge is 0.413 e. The second kappa shape index (κ2) is 5.34. The van der Waals surface area contributed by atoms with Gasteiger partial charge in [0.2, 0.25) is 0 Å². The summed E-state index contributed by atoms with van der Waals surface area (Å²) in [6.45, 7) is 0. The number of carbonyl (C=O) groups excluding carboxylic acids is 1. The molecule has 3 aromatic rings. The first-order valence-corrected chi connectivity index (χ1v) is 7.38. The zero-order valence-corrected chi connectivity index (χ0v) is 12.4. The average Bonchev–Trinajstić information content (AvgIpc) is 2.60. The highest BCUT2D eigenvalue weighted by Crippen LogP contribution is 2.39. The Bertz CT molecular complexity index is 966. The van der Waals surface area contributed by atoms with E-state index in [1.807, 2.05) is 30.3 Å². The number of nitro benzene ring substituents is 1. The van der Waals surface area contributed by atoms with Gasteiger partial charge in [-0.3, -0.25) is 10.1 Å². The molecule has 24 heavy (non-hydrogen) atoms. The molecule has 1 aliphatic heterocycles. The van der Waals surface area contributed by atoms with Crippen LogP contribution in [0.2, 0.25) is 0 Å². The molecule has 1 amide bonds. The fourth-order valence-electron chi connectivity index (χ4n) is 3.02. The fourth-order valence-corrected chi connectivity index (χ4v) is 3.02. The summed E-state index contributed by atoms with van der Waals surface area (Å²) < 4.78 is 5.30. The smallest absolute Gasteiger partial charge is 0.410 e. The van der Waals surface area contributed by atoms with Crippen LogP contribution in [0.5, 0.6) is 5.75 Å². The van der Waals surface area contributed by atoms with Gasteiger partial charge < -0.3 is 10.1 Å². The molecule has 6 heteroatoms. The summed E-state index contributed by atoms with van der Waals surface area (Å²) in [5.41, 5.74) is 1.62. The average molecular weight is 320 g/mol. The van der Waals surface area contributed by atoms with Crippen molar-refractivity contribution in [3.63, 3.8) is 0 Å². The Kier molecular flexibility index (Phi) is 3.16. The van der Waals surface area contributed by atoms with Crippen LogP contribution < -0.4 is 10.1 Å². The van der Waals surface area contributed by atoms with Gasteiger partial charge in [-0.2, -0.15) is 0 Å². The molecule has 0 saturated heterocycles. The van der Waals surface area contributed by atoms with Crippen molar-refractivity contribution < 1.29 is 14.5 Å². The van der Waals surface area contributed by atoms with Crippen molar-refractivity contribution in [3.8, 4) is 5.75 Å². The SMILES string of the molecule is O=C1NC(c2ccc([N+](=O)[O-])cc2)c2c(ccc3ccccc23)O1. The van der Waals surface area contributed by atoms with Crippen molar-refractivity contribution in [3.05, 3.63) is 81.9 Å². The van der Waals surface area contributed by atoms with Crippen molar-refractivity contribution in [2.75, 3.05) is 0 Å². The molecule has 0 fully saturated rings. The molecule has 6 nitrogen and oxygen atoms in total. The minimum absolute atomic E-state index is 0.00952. The second-order valence-electron chi connectivity index (χ2n) is 5.51. The lowest BCUT2D eigenvalue weighted by Crippen LogP contribution is -2.36. The number of non-ortho nitro benzene ring substituents is 1. The Morgan fingerprint density at radius 1 is 1.00 bits per heavy atom. The van der Waals surface area contributed by atoms with Crippen LogP contribution >= 0.6 is 0 Å². The van der Waals surface area contributed by atoms with E-state index in [0.717, 1.165) is 21.9 Å². The lowest BCUT2D eigenvalue weighted by molar-refractivity contribution is -0.384. The molecular formula is C18H12N2O4. The first-order valence-electron chi connectivity index (χ1n) is 7.38. The minimum atomic E-state index is -0.541. The quantitative estimate of drug-likeness (QED) is 0.573. The van der Waals surface area contributed by atoms with Gasteiger partial charge in [0.25, 0.3) is 5.69 Å². The maximum absolute atomic E-state index is 11.9. The van der Waals surface area contributed by atoms with E-state index in [1.54, 1.807) is 18.2 Å². The molecule has 0 radical (unpaired) electrons. The number of amides is 1. The highest BCUT2D eigenvalue weighted by molar-refractivity contribution is 5.91. The van der Waals surface area contributed by atoms with Gasteiger partial charge in [0, 0.05) is 17.7 Å². The molecule has 0 saturated carbocycles. The third-order valence-electron chi connectivity index (χ3n) is 4.12. The van der Waals surface area contributed by atoms with Gasteiger partial charge in [-0.15, -0.1) is 0 Å². The minimum Gasteiger partial charge on any atom is -0.410 e. The van der Waals surface area contributed by atoms with E-state index in [2.05, 4.69) is 5.32 Å². The van der Waals surface area contributed by atoms with Crippen LogP contribution in [0.1, 0.15) is 17.2 Å². The highest BCUT2D eigenvalue weighted by atomic mass is 16.6. The van der Waals surface area contributed by atoms with Crippen LogP contribution in [-0.2, 0) is 0 Å². The van der Waals surface area contributed by atoms with Gasteiger partial charge in [0.15, 0.2) is 0 Å². The van der Waals surface area contributed by atoms with Crippen LogP contribution in [-0.4, -0.2) is 11.0 Å². The predicted octanol–water partition coefficient (Wildman–Crippen LogP) is 3.94. The zero-order chi connectivity index (χ0) is 16.7. The summed E-state index contributed by atoms with van der Waals surface area (Å²) >= 11 is 0. The molecule has 1 atom stereocenters. The Morgan fingerprint density at radius 2 is 1.75 bits per heavy atom. The fraction of sp³-hybridized carbons (Fsp3) is 0.0556. The number of rotatable bonds is 2. The highest BCUT2D eigenvalue weighted by Gasteiger charge is 2.29. The van der Waals surface area contributed by atoms with Crippen LogP contribution in [0.15, 0.2) is 60.7 Å². The summed E-state index contributed by atoms with van der Waals surface area (Å²) in [5, 5.41) is 15.6. The number of hydrogen-bond donors (Lipinski definition) is 1. The summed E-state index contributed by atoms with van der Waals surface area (Å²) in [6, 6.07) is 17.2. The second-order valence-corrected chi connectivity index (χ2v) is 5.51. The number of nitrogens with one attached hydrogen (secondary N) is 1. The molecule has 0 aliphatic carbocycles. The Balaban J connectivity index is 1.90. The summed E-state index contributed by atoms with van der Waals surface area (Å²) in [7, 11) is 0. The maximum Gasteiger partial charge on any atom is 0.413 e. The Labute approximate surface area is 136 Å². The van der Waals surface area contributed by atoms with E-state index in [9.17, 15) is 14.9 Å². The van der Waals surface area contributed by atoms with Gasteiger partial charge >= 0.3 is 6.09 Å². The van der Waals surface area contributed by atoms with E-state index in [4.69, 9.17) is 4.74 Å². The normalized spacial score (nSPS) is 16.2. The predicted molar refractivity (Wildman–Crippen MR) is 88.0 cm³/mol. The molecule has 1 aliphatic rings. The van der Waals surface area contributed by atoms with Gasteiger partial charge in [-0.25, -0.2) is 4.79 Å². The van der Waals surface area contributed by atoms with E-state index in [1.165, 1.54) is 12.1 Å². The number of fused-ring (bicyclic) bond motifs is 3. The first-order chi connectivity index (χ1) is 11.6. The molecule has 0 spiro atoms. The molecule has 1 unspecified atom stereocenters. The Hall–Kier alpha value is -3.41. The number of carbonyl (C=O) groups is 1. The van der Waals surface area contributed by atoms with Crippen LogP contribution in [0.25, 0.3) is 10.8 Å². The van der Waals surface area contributed by atoms with Crippen molar-refractivity contribution in [2.24, 2.45) is 0 Å². The summed E-state index contributed by atoms with van der Waals surface area (Å²) in [5.74, 6) is 0.501. The maximum atomic E-state index is 11.9. The number of nitrogens with zero attached hydrogens (tertiary/aromatic N) is 1. The van der Waals surface area contributed by atoms with E-state index in [-0.39, 0.29) is 5.69 Å². The van der Waals surface area contributed by atoms with Crippen molar-refractivity contribution >= 4 is 22.6 Å². The van der Waals surface area contributed by atoms with Gasteiger partial charge in [0.1, 0.15) is 5.75 Å². The van der Waals surface area contributed by atoms with Gasteiger partial charge in [0.05, 0.1) is 11.0 Å². The molecule has 118 valence electrons. The molecule has 4 rings (SSSR count). The summed E-state index contributed by atoms with van der Waals surface area (Å²) in [4.78, 5) is 22.3. The van der Waals surface area contributed by atoms with Gasteiger partial charge in [-0.1, -0.05) is 30.3 Å². The van der Waals surface area contributed by atoms with E-state index in [0.29, 0.717) is 5.75 Å². The summed E-state index contributed by atoms with van der Waals surface area (Å²) in [6.07, 6.45) is -0.541.